The first-order valence-corrected chi connectivity index (χ1v) is 7.36. The first kappa shape index (κ1) is 15.3. The molecular weight excluding hydrogens is 202 g/mol. The lowest BCUT2D eigenvalue weighted by atomic mass is 9.90. The lowest BCUT2D eigenvalue weighted by Crippen LogP contribution is -2.41. The molecule has 1 aliphatic rings. The van der Waals surface area contributed by atoms with Crippen molar-refractivity contribution in [2.24, 2.45) is 5.92 Å². The van der Waals surface area contributed by atoms with Gasteiger partial charge in [-0.3, -0.25) is 0 Å². The molecule has 92 valence electrons. The zero-order valence-corrected chi connectivity index (χ0v) is 11.9. The number of piperidine rings is 1. The van der Waals surface area contributed by atoms with E-state index < -0.39 is 0 Å². The SMILES string of the molecule is CCCCC1CC(C)CCN1CC.CS. The van der Waals surface area contributed by atoms with Crippen LogP contribution in [0.3, 0.4) is 0 Å². The van der Waals surface area contributed by atoms with E-state index in [2.05, 4.69) is 38.3 Å². The van der Waals surface area contributed by atoms with Crippen LogP contribution in [-0.2, 0) is 0 Å². The highest BCUT2D eigenvalue weighted by molar-refractivity contribution is 7.79. The first-order valence-electron chi connectivity index (χ1n) is 6.46. The summed E-state index contributed by atoms with van der Waals surface area (Å²) in [4.78, 5) is 2.68. The summed E-state index contributed by atoms with van der Waals surface area (Å²) < 4.78 is 0. The molecule has 0 aliphatic carbocycles. The molecule has 0 radical (unpaired) electrons. The summed E-state index contributed by atoms with van der Waals surface area (Å²) in [5.41, 5.74) is 0. The van der Waals surface area contributed by atoms with Crippen LogP contribution in [0.25, 0.3) is 0 Å². The highest BCUT2D eigenvalue weighted by Crippen LogP contribution is 2.25. The second kappa shape index (κ2) is 9.53. The van der Waals surface area contributed by atoms with Gasteiger partial charge >= 0.3 is 0 Å². The van der Waals surface area contributed by atoms with Crippen molar-refractivity contribution in [3.8, 4) is 0 Å². The van der Waals surface area contributed by atoms with E-state index in [1.807, 2.05) is 0 Å². The summed E-state index contributed by atoms with van der Waals surface area (Å²) in [5, 5.41) is 0. The van der Waals surface area contributed by atoms with Crippen LogP contribution in [0.15, 0.2) is 0 Å². The molecule has 0 aromatic heterocycles. The van der Waals surface area contributed by atoms with Crippen LogP contribution in [-0.4, -0.2) is 30.3 Å². The molecule has 15 heavy (non-hydrogen) atoms. The van der Waals surface area contributed by atoms with Crippen LogP contribution < -0.4 is 0 Å². The zero-order valence-electron chi connectivity index (χ0n) is 11.0. The first-order chi connectivity index (χ1) is 7.27. The van der Waals surface area contributed by atoms with Crippen molar-refractivity contribution in [3.63, 3.8) is 0 Å². The van der Waals surface area contributed by atoms with Gasteiger partial charge in [0.1, 0.15) is 0 Å². The van der Waals surface area contributed by atoms with E-state index in [1.54, 1.807) is 6.26 Å². The minimum absolute atomic E-state index is 0.897. The summed E-state index contributed by atoms with van der Waals surface area (Å²) >= 11 is 3.53. The van der Waals surface area contributed by atoms with Crippen molar-refractivity contribution < 1.29 is 0 Å². The van der Waals surface area contributed by atoms with Gasteiger partial charge in [0, 0.05) is 6.04 Å². The normalized spacial score (nSPS) is 27.0. The van der Waals surface area contributed by atoms with Gasteiger partial charge in [-0.25, -0.2) is 0 Å². The smallest absolute Gasteiger partial charge is 0.00976 e. The maximum Gasteiger partial charge on any atom is 0.00976 e. The van der Waals surface area contributed by atoms with E-state index in [1.165, 1.54) is 45.2 Å². The largest absolute Gasteiger partial charge is 0.301 e. The third-order valence-corrected chi connectivity index (χ3v) is 3.40. The van der Waals surface area contributed by atoms with Gasteiger partial charge in [-0.2, -0.15) is 12.6 Å². The Hall–Kier alpha value is 0.310. The summed E-state index contributed by atoms with van der Waals surface area (Å²) in [6, 6.07) is 0.897. The molecule has 1 aliphatic heterocycles. The van der Waals surface area contributed by atoms with Gasteiger partial charge in [0.25, 0.3) is 0 Å². The Morgan fingerprint density at radius 3 is 2.47 bits per heavy atom. The monoisotopic (exact) mass is 231 g/mol. The molecule has 1 rings (SSSR count). The van der Waals surface area contributed by atoms with Gasteiger partial charge in [0.2, 0.25) is 0 Å². The van der Waals surface area contributed by atoms with Gasteiger partial charge in [-0.15, -0.1) is 0 Å². The average Bonchev–Trinajstić information content (AvgIpc) is 2.29. The number of hydrogen-bond acceptors (Lipinski definition) is 2. The molecule has 2 atom stereocenters. The molecule has 1 saturated heterocycles. The lowest BCUT2D eigenvalue weighted by molar-refractivity contribution is 0.116. The molecule has 0 bridgehead atoms. The quantitative estimate of drug-likeness (QED) is 0.719. The van der Waals surface area contributed by atoms with Gasteiger partial charge in [-0.1, -0.05) is 33.6 Å². The Balaban J connectivity index is 0.000000921. The van der Waals surface area contributed by atoms with Crippen molar-refractivity contribution in [2.45, 2.75) is 58.9 Å². The molecule has 0 aromatic carbocycles. The Labute approximate surface area is 102 Å². The average molecular weight is 231 g/mol. The summed E-state index contributed by atoms with van der Waals surface area (Å²) in [5.74, 6) is 0.963. The number of rotatable bonds is 4. The Morgan fingerprint density at radius 2 is 1.93 bits per heavy atom. The van der Waals surface area contributed by atoms with Crippen LogP contribution in [0.1, 0.15) is 52.9 Å². The predicted molar refractivity (Wildman–Crippen MR) is 73.9 cm³/mol. The fourth-order valence-electron chi connectivity index (χ4n) is 2.46. The third kappa shape index (κ3) is 5.82. The molecule has 0 spiro atoms. The number of thiol groups is 1. The van der Waals surface area contributed by atoms with Gasteiger partial charge in [0.15, 0.2) is 0 Å². The Kier molecular flexibility index (Phi) is 9.73. The van der Waals surface area contributed by atoms with Crippen molar-refractivity contribution in [1.82, 2.24) is 4.90 Å². The maximum atomic E-state index is 3.53. The van der Waals surface area contributed by atoms with Crippen molar-refractivity contribution in [2.75, 3.05) is 19.3 Å². The third-order valence-electron chi connectivity index (χ3n) is 3.40. The molecule has 0 aromatic rings. The van der Waals surface area contributed by atoms with Crippen LogP contribution in [0, 0.1) is 5.92 Å². The molecule has 1 fully saturated rings. The maximum absolute atomic E-state index is 3.53. The van der Waals surface area contributed by atoms with Crippen LogP contribution in [0.2, 0.25) is 0 Å². The molecule has 0 saturated carbocycles. The fourth-order valence-corrected chi connectivity index (χ4v) is 2.46. The van der Waals surface area contributed by atoms with Gasteiger partial charge in [0.05, 0.1) is 0 Å². The molecular formula is C13H29NS. The number of nitrogens with zero attached hydrogens (tertiary/aromatic N) is 1. The predicted octanol–water partition coefficient (Wildman–Crippen LogP) is 3.84. The van der Waals surface area contributed by atoms with E-state index in [-0.39, 0.29) is 0 Å². The lowest BCUT2D eigenvalue weighted by Gasteiger charge is -2.38. The second-order valence-corrected chi connectivity index (χ2v) is 4.55. The number of likely N-dealkylation sites (tertiary alicyclic amines) is 1. The van der Waals surface area contributed by atoms with Gasteiger partial charge < -0.3 is 4.90 Å². The number of unbranched alkanes of at least 4 members (excludes halogenated alkanes) is 1. The summed E-state index contributed by atoms with van der Waals surface area (Å²) in [6.07, 6.45) is 8.73. The van der Waals surface area contributed by atoms with E-state index in [4.69, 9.17) is 0 Å². The molecule has 0 N–H and O–H groups in total. The Morgan fingerprint density at radius 1 is 1.27 bits per heavy atom. The second-order valence-electron chi connectivity index (χ2n) is 4.55. The van der Waals surface area contributed by atoms with E-state index in [0.717, 1.165) is 12.0 Å². The molecule has 1 heterocycles. The van der Waals surface area contributed by atoms with Crippen LogP contribution in [0.5, 0.6) is 0 Å². The van der Waals surface area contributed by atoms with Crippen LogP contribution >= 0.6 is 12.6 Å². The molecule has 2 unspecified atom stereocenters. The van der Waals surface area contributed by atoms with Crippen molar-refractivity contribution in [3.05, 3.63) is 0 Å². The number of hydrogen-bond donors (Lipinski definition) is 1. The van der Waals surface area contributed by atoms with Gasteiger partial charge in [-0.05, 0) is 44.5 Å². The zero-order chi connectivity index (χ0) is 11.7. The standard InChI is InChI=1S/C12H25N.CH4S/c1-4-6-7-12-10-11(3)8-9-13(12)5-2;1-2/h11-12H,4-10H2,1-3H3;2H,1H3. The van der Waals surface area contributed by atoms with E-state index in [9.17, 15) is 0 Å². The van der Waals surface area contributed by atoms with E-state index in [0.29, 0.717) is 0 Å². The summed E-state index contributed by atoms with van der Waals surface area (Å²) in [6.45, 7) is 9.59. The van der Waals surface area contributed by atoms with Crippen molar-refractivity contribution in [1.29, 1.82) is 0 Å². The highest BCUT2D eigenvalue weighted by atomic mass is 32.1. The van der Waals surface area contributed by atoms with Crippen LogP contribution in [0.4, 0.5) is 0 Å². The molecule has 0 amide bonds. The molecule has 2 heteroatoms. The fraction of sp³-hybridized carbons (Fsp3) is 1.00. The van der Waals surface area contributed by atoms with E-state index >= 15 is 0 Å². The Bertz CT molecular complexity index is 138. The molecule has 1 nitrogen and oxygen atoms in total. The minimum Gasteiger partial charge on any atom is -0.301 e. The minimum atomic E-state index is 0.897. The summed E-state index contributed by atoms with van der Waals surface area (Å²) in [7, 11) is 0. The highest BCUT2D eigenvalue weighted by Gasteiger charge is 2.24. The topological polar surface area (TPSA) is 3.24 Å². The van der Waals surface area contributed by atoms with Crippen molar-refractivity contribution >= 4 is 12.6 Å².